The topological polar surface area (TPSA) is 61.4 Å². The summed E-state index contributed by atoms with van der Waals surface area (Å²) in [5.74, 6) is -5.12. The molecule has 29 heavy (non-hydrogen) atoms. The number of carbonyl (C=O) groups excluding carboxylic acids is 2. The summed E-state index contributed by atoms with van der Waals surface area (Å²) in [7, 11) is 0. The molecule has 158 valence electrons. The van der Waals surface area contributed by atoms with E-state index in [1.165, 1.54) is 23.1 Å². The van der Waals surface area contributed by atoms with Gasteiger partial charge in [0.25, 0.3) is 5.92 Å². The van der Waals surface area contributed by atoms with Crippen molar-refractivity contribution in [3.05, 3.63) is 34.6 Å². The van der Waals surface area contributed by atoms with Crippen molar-refractivity contribution >= 4 is 23.5 Å². The molecule has 1 aliphatic heterocycles. The lowest BCUT2D eigenvalue weighted by Crippen LogP contribution is -2.54. The van der Waals surface area contributed by atoms with Gasteiger partial charge in [-0.05, 0) is 49.3 Å². The lowest BCUT2D eigenvalue weighted by molar-refractivity contribution is -0.123. The predicted octanol–water partition coefficient (Wildman–Crippen LogP) is 3.73. The van der Waals surface area contributed by atoms with Crippen LogP contribution in [0.15, 0.2) is 18.2 Å². The van der Waals surface area contributed by atoms with Crippen molar-refractivity contribution in [3.8, 4) is 0 Å². The maximum Gasteiger partial charge on any atom is 0.318 e. The molecule has 3 atom stereocenters. The Hall–Kier alpha value is -1.96. The fraction of sp³-hybridized carbons (Fsp3) is 0.600. The van der Waals surface area contributed by atoms with Gasteiger partial charge in [-0.1, -0.05) is 17.7 Å². The van der Waals surface area contributed by atoms with Crippen LogP contribution in [0, 0.1) is 23.6 Å². The molecule has 0 aromatic heterocycles. The van der Waals surface area contributed by atoms with Gasteiger partial charge in [-0.25, -0.2) is 18.0 Å². The zero-order valence-electron chi connectivity index (χ0n) is 15.8. The normalized spacial score (nSPS) is 29.3. The van der Waals surface area contributed by atoms with E-state index in [0.717, 1.165) is 0 Å². The summed E-state index contributed by atoms with van der Waals surface area (Å²) < 4.78 is 42.5. The molecule has 2 saturated carbocycles. The summed E-state index contributed by atoms with van der Waals surface area (Å²) in [6, 6.07) is 3.18. The van der Waals surface area contributed by atoms with Gasteiger partial charge in [0.1, 0.15) is 12.4 Å². The first kappa shape index (κ1) is 20.3. The number of nitrogens with one attached hydrogen (secondary N) is 2. The largest absolute Gasteiger partial charge is 0.353 e. The molecule has 4 rings (SSSR count). The van der Waals surface area contributed by atoms with Crippen LogP contribution >= 0.6 is 11.6 Å². The quantitative estimate of drug-likeness (QED) is 0.769. The lowest BCUT2D eigenvalue weighted by Gasteiger charge is -2.40. The second-order valence-electron chi connectivity index (χ2n) is 8.25. The molecule has 0 radical (unpaired) electrons. The minimum atomic E-state index is -2.67. The molecular formula is C20H23ClF3N3O2. The minimum absolute atomic E-state index is 0.0588. The molecule has 3 amide bonds. The van der Waals surface area contributed by atoms with E-state index in [2.05, 4.69) is 10.6 Å². The smallest absolute Gasteiger partial charge is 0.318 e. The van der Waals surface area contributed by atoms with Crippen LogP contribution in [-0.2, 0) is 4.79 Å². The number of benzene rings is 1. The van der Waals surface area contributed by atoms with Crippen LogP contribution in [0.25, 0.3) is 0 Å². The molecule has 9 heteroatoms. The maximum atomic E-state index is 14.4. The number of hydrogen-bond acceptors (Lipinski definition) is 2. The number of halogens is 4. The number of alkyl halides is 2. The number of carbonyl (C=O) groups is 2. The van der Waals surface area contributed by atoms with E-state index < -0.39 is 35.6 Å². The first-order chi connectivity index (χ1) is 13.8. The molecule has 2 unspecified atom stereocenters. The van der Waals surface area contributed by atoms with E-state index in [-0.39, 0.29) is 36.2 Å². The molecule has 1 aromatic carbocycles. The van der Waals surface area contributed by atoms with Gasteiger partial charge in [0, 0.05) is 24.9 Å². The van der Waals surface area contributed by atoms with Gasteiger partial charge in [0.15, 0.2) is 0 Å². The summed E-state index contributed by atoms with van der Waals surface area (Å²) in [5, 5.41) is 5.49. The number of urea groups is 1. The van der Waals surface area contributed by atoms with E-state index in [9.17, 15) is 22.8 Å². The van der Waals surface area contributed by atoms with Crippen LogP contribution in [0.2, 0.25) is 5.02 Å². The number of nitrogens with zero attached hydrogens (tertiary/aromatic N) is 1. The van der Waals surface area contributed by atoms with Crippen LogP contribution in [-0.4, -0.2) is 42.4 Å². The number of amides is 3. The van der Waals surface area contributed by atoms with Gasteiger partial charge in [-0.3, -0.25) is 4.79 Å². The highest BCUT2D eigenvalue weighted by Gasteiger charge is 2.57. The van der Waals surface area contributed by atoms with E-state index in [0.29, 0.717) is 31.5 Å². The fourth-order valence-corrected chi connectivity index (χ4v) is 5.17. The Morgan fingerprint density at radius 3 is 2.59 bits per heavy atom. The third-order valence-electron chi connectivity index (χ3n) is 6.51. The molecule has 5 nitrogen and oxygen atoms in total. The zero-order valence-corrected chi connectivity index (χ0v) is 16.5. The third kappa shape index (κ3) is 3.91. The monoisotopic (exact) mass is 429 g/mol. The van der Waals surface area contributed by atoms with Gasteiger partial charge < -0.3 is 15.5 Å². The Kier molecular flexibility index (Phi) is 5.40. The summed E-state index contributed by atoms with van der Waals surface area (Å²) in [6.07, 6.45) is 1.52. The highest BCUT2D eigenvalue weighted by atomic mass is 35.5. The second kappa shape index (κ2) is 7.70. The van der Waals surface area contributed by atoms with Gasteiger partial charge in [0.2, 0.25) is 5.91 Å². The molecule has 3 fully saturated rings. The Bertz CT molecular complexity index is 806. The minimum Gasteiger partial charge on any atom is -0.353 e. The number of piperazine rings is 1. The molecule has 1 saturated heterocycles. The molecule has 3 aliphatic rings. The SMILES string of the molecule is O=C1CN(C(=O)N[C@@H](c2ccc(F)c(Cl)c2)C2CC3CCC(C2)C3(F)F)CCN1. The Morgan fingerprint density at radius 2 is 1.97 bits per heavy atom. The van der Waals surface area contributed by atoms with Crippen LogP contribution < -0.4 is 10.6 Å². The van der Waals surface area contributed by atoms with Crippen molar-refractivity contribution in [1.29, 1.82) is 0 Å². The van der Waals surface area contributed by atoms with Crippen molar-refractivity contribution in [2.75, 3.05) is 19.6 Å². The highest BCUT2D eigenvalue weighted by Crippen LogP contribution is 2.56. The number of hydrogen-bond donors (Lipinski definition) is 2. The van der Waals surface area contributed by atoms with Gasteiger partial charge >= 0.3 is 6.03 Å². The highest BCUT2D eigenvalue weighted by molar-refractivity contribution is 6.30. The second-order valence-corrected chi connectivity index (χ2v) is 8.66. The van der Waals surface area contributed by atoms with Crippen LogP contribution in [0.5, 0.6) is 0 Å². The maximum absolute atomic E-state index is 14.4. The van der Waals surface area contributed by atoms with Crippen LogP contribution in [0.4, 0.5) is 18.0 Å². The standard InChI is InChI=1S/C20H23ClF3N3O2/c21-15-9-11(1-4-16(15)22)18(26-19(29)27-6-5-25-17(28)10-27)12-7-13-2-3-14(8-12)20(13,23)24/h1,4,9,12-14,18H,2-3,5-8,10H2,(H,25,28)(H,26,29)/t12?,13?,14?,18-/m0/s1. The third-order valence-corrected chi connectivity index (χ3v) is 6.80. The van der Waals surface area contributed by atoms with Crippen molar-refractivity contribution < 1.29 is 22.8 Å². The van der Waals surface area contributed by atoms with Crippen molar-refractivity contribution in [2.24, 2.45) is 17.8 Å². The lowest BCUT2D eigenvalue weighted by atomic mass is 9.73. The average Bonchev–Trinajstić information content (AvgIpc) is 2.85. The molecule has 2 bridgehead atoms. The van der Waals surface area contributed by atoms with E-state index in [1.807, 2.05) is 0 Å². The average molecular weight is 430 g/mol. The molecule has 1 aromatic rings. The summed E-state index contributed by atoms with van der Waals surface area (Å²) in [5.41, 5.74) is 0.584. The van der Waals surface area contributed by atoms with E-state index in [1.54, 1.807) is 0 Å². The zero-order chi connectivity index (χ0) is 20.8. The molecule has 1 heterocycles. The first-order valence-electron chi connectivity index (χ1n) is 9.90. The number of fused-ring (bicyclic) bond motifs is 2. The first-order valence-corrected chi connectivity index (χ1v) is 10.3. The van der Waals surface area contributed by atoms with Crippen LogP contribution in [0.1, 0.15) is 37.3 Å². The summed E-state index contributed by atoms with van der Waals surface area (Å²) >= 11 is 5.95. The Labute approximate surface area is 172 Å². The molecule has 2 aliphatic carbocycles. The Morgan fingerprint density at radius 1 is 1.28 bits per heavy atom. The van der Waals surface area contributed by atoms with E-state index >= 15 is 0 Å². The van der Waals surface area contributed by atoms with Crippen LogP contribution in [0.3, 0.4) is 0 Å². The summed E-state index contributed by atoms with van der Waals surface area (Å²) in [4.78, 5) is 25.8. The fourth-order valence-electron chi connectivity index (χ4n) is 4.99. The molecule has 0 spiro atoms. The Balaban J connectivity index is 1.58. The van der Waals surface area contributed by atoms with Gasteiger partial charge in [-0.15, -0.1) is 0 Å². The predicted molar refractivity (Wildman–Crippen MR) is 101 cm³/mol. The van der Waals surface area contributed by atoms with Gasteiger partial charge in [-0.2, -0.15) is 0 Å². The van der Waals surface area contributed by atoms with Gasteiger partial charge in [0.05, 0.1) is 11.1 Å². The summed E-state index contributed by atoms with van der Waals surface area (Å²) in [6.45, 7) is 0.665. The molecule has 2 N–H and O–H groups in total. The van der Waals surface area contributed by atoms with Crippen molar-refractivity contribution in [1.82, 2.24) is 15.5 Å². The van der Waals surface area contributed by atoms with E-state index in [4.69, 9.17) is 11.6 Å². The van der Waals surface area contributed by atoms with Crippen molar-refractivity contribution in [2.45, 2.75) is 37.6 Å². The van der Waals surface area contributed by atoms with Crippen molar-refractivity contribution in [3.63, 3.8) is 0 Å². The number of rotatable bonds is 3. The molecular weight excluding hydrogens is 407 g/mol.